The van der Waals surface area contributed by atoms with Gasteiger partial charge >= 0.3 is 0 Å². The standard InChI is InChI=1S/C27H32N2O4S/c1-29(2,20-9-19-28(34(31)32)25-13-7-4-8-14-25)21-10-22-33-26-17-15-24(16-18-26)27(30)23-11-5-3-6-12-23/h3-8,11-18H,9-10,19-22H2,1-2H3/p+1. The van der Waals surface area contributed by atoms with Crippen molar-refractivity contribution >= 4 is 22.7 Å². The zero-order valence-corrected chi connectivity index (χ0v) is 20.6. The first-order valence-electron chi connectivity index (χ1n) is 11.4. The lowest BCUT2D eigenvalue weighted by Crippen LogP contribution is -2.43. The van der Waals surface area contributed by atoms with Crippen molar-refractivity contribution in [1.29, 1.82) is 0 Å². The highest BCUT2D eigenvalue weighted by Crippen LogP contribution is 2.17. The molecule has 180 valence electrons. The topological polar surface area (TPSA) is 66.8 Å². The van der Waals surface area contributed by atoms with Gasteiger partial charge in [0.15, 0.2) is 5.78 Å². The number of hydrogen-bond donors (Lipinski definition) is 1. The van der Waals surface area contributed by atoms with Crippen LogP contribution < -0.4 is 9.04 Å². The Balaban J connectivity index is 1.39. The molecule has 0 heterocycles. The molecular weight excluding hydrogens is 448 g/mol. The average Bonchev–Trinajstić information content (AvgIpc) is 2.85. The first-order chi connectivity index (χ1) is 16.4. The summed E-state index contributed by atoms with van der Waals surface area (Å²) in [6.45, 7) is 2.92. The molecule has 1 atom stereocenters. The number of rotatable bonds is 13. The van der Waals surface area contributed by atoms with Gasteiger partial charge in [-0.3, -0.25) is 13.7 Å². The second-order valence-corrected chi connectivity index (χ2v) is 9.73. The van der Waals surface area contributed by atoms with E-state index in [9.17, 15) is 13.6 Å². The maximum absolute atomic E-state index is 12.5. The maximum Gasteiger partial charge on any atom is 0.261 e. The maximum atomic E-state index is 12.5. The predicted molar refractivity (Wildman–Crippen MR) is 137 cm³/mol. The van der Waals surface area contributed by atoms with Crippen molar-refractivity contribution in [3.8, 4) is 5.75 Å². The zero-order valence-electron chi connectivity index (χ0n) is 19.8. The van der Waals surface area contributed by atoms with Crippen molar-refractivity contribution in [3.63, 3.8) is 0 Å². The van der Waals surface area contributed by atoms with Crippen LogP contribution in [0, 0.1) is 0 Å². The molecule has 0 saturated carbocycles. The van der Waals surface area contributed by atoms with Crippen LogP contribution in [0.5, 0.6) is 5.75 Å². The summed E-state index contributed by atoms with van der Waals surface area (Å²) in [5.41, 5.74) is 2.07. The molecule has 34 heavy (non-hydrogen) atoms. The minimum Gasteiger partial charge on any atom is -0.493 e. The quantitative estimate of drug-likeness (QED) is 0.165. The molecule has 3 aromatic carbocycles. The van der Waals surface area contributed by atoms with E-state index in [0.29, 0.717) is 24.3 Å². The Bertz CT molecular complexity index is 1060. The van der Waals surface area contributed by atoms with Crippen LogP contribution in [0.25, 0.3) is 0 Å². The monoisotopic (exact) mass is 481 g/mol. The minimum absolute atomic E-state index is 0.00191. The molecule has 1 N–H and O–H groups in total. The first-order valence-corrected chi connectivity index (χ1v) is 12.5. The number of carbonyl (C=O) groups excluding carboxylic acids is 1. The summed E-state index contributed by atoms with van der Waals surface area (Å²) in [7, 11) is 4.32. The van der Waals surface area contributed by atoms with Crippen molar-refractivity contribution in [3.05, 3.63) is 96.1 Å². The number of quaternary nitrogens is 1. The Hall–Kier alpha value is -3.00. The normalized spacial score (nSPS) is 12.2. The Labute approximate surface area is 204 Å². The Morgan fingerprint density at radius 2 is 1.41 bits per heavy atom. The molecule has 0 aromatic heterocycles. The van der Waals surface area contributed by atoms with Crippen LogP contribution in [0.4, 0.5) is 5.69 Å². The summed E-state index contributed by atoms with van der Waals surface area (Å²) in [5, 5.41) is 0. The number of carbonyl (C=O) groups is 1. The molecular formula is C27H33N2O4S+. The van der Waals surface area contributed by atoms with Gasteiger partial charge in [0.05, 0.1) is 39.5 Å². The number of anilines is 1. The zero-order chi connectivity index (χ0) is 24.4. The molecule has 0 aliphatic heterocycles. The summed E-state index contributed by atoms with van der Waals surface area (Å²) in [6, 6.07) is 25.8. The van der Waals surface area contributed by atoms with Gasteiger partial charge in [0.2, 0.25) is 0 Å². The third kappa shape index (κ3) is 7.80. The number of ketones is 1. The van der Waals surface area contributed by atoms with Crippen molar-refractivity contribution in [2.75, 3.05) is 44.6 Å². The van der Waals surface area contributed by atoms with Crippen LogP contribution in [0.3, 0.4) is 0 Å². The third-order valence-corrected chi connectivity index (χ3v) is 6.46. The van der Waals surface area contributed by atoms with Crippen LogP contribution >= 0.6 is 0 Å². The molecule has 0 spiro atoms. The van der Waals surface area contributed by atoms with E-state index in [1.165, 1.54) is 4.31 Å². The number of para-hydroxylation sites is 1. The molecule has 0 aliphatic carbocycles. The summed E-state index contributed by atoms with van der Waals surface area (Å²) in [6.07, 6.45) is 1.68. The second kappa shape index (κ2) is 12.5. The van der Waals surface area contributed by atoms with Crippen LogP contribution in [0.1, 0.15) is 28.8 Å². The van der Waals surface area contributed by atoms with E-state index in [-0.39, 0.29) is 5.78 Å². The fourth-order valence-corrected chi connectivity index (χ4v) is 4.37. The van der Waals surface area contributed by atoms with Gasteiger partial charge in [-0.25, -0.2) is 4.21 Å². The molecule has 0 amide bonds. The van der Waals surface area contributed by atoms with E-state index >= 15 is 0 Å². The number of ether oxygens (including phenoxy) is 1. The highest BCUT2D eigenvalue weighted by molar-refractivity contribution is 7.80. The SMILES string of the molecule is C[N+](C)(CCCOc1ccc(C(=O)c2ccccc2)cc1)CCCN(c1ccccc1)S(=O)O. The second-order valence-electron chi connectivity index (χ2n) is 8.83. The van der Waals surface area contributed by atoms with E-state index in [2.05, 4.69) is 14.1 Å². The fraction of sp³-hybridized carbons (Fsp3) is 0.296. The molecule has 3 rings (SSSR count). The molecule has 7 heteroatoms. The van der Waals surface area contributed by atoms with Gasteiger partial charge in [-0.05, 0) is 36.4 Å². The van der Waals surface area contributed by atoms with Crippen molar-refractivity contribution in [2.45, 2.75) is 12.8 Å². The van der Waals surface area contributed by atoms with Gasteiger partial charge in [0, 0.05) is 30.5 Å². The van der Waals surface area contributed by atoms with Crippen LogP contribution in [-0.2, 0) is 11.3 Å². The van der Waals surface area contributed by atoms with E-state index in [1.54, 1.807) is 12.1 Å². The molecule has 1 unspecified atom stereocenters. The third-order valence-electron chi connectivity index (χ3n) is 5.69. The van der Waals surface area contributed by atoms with E-state index < -0.39 is 11.3 Å². The lowest BCUT2D eigenvalue weighted by Gasteiger charge is -2.31. The first kappa shape index (κ1) is 25.6. The number of nitrogens with zero attached hydrogens (tertiary/aromatic N) is 2. The molecule has 0 bridgehead atoms. The Kier molecular flexibility index (Phi) is 9.39. The van der Waals surface area contributed by atoms with Crippen molar-refractivity contribution in [1.82, 2.24) is 0 Å². The van der Waals surface area contributed by atoms with E-state index in [1.807, 2.05) is 72.8 Å². The molecule has 0 radical (unpaired) electrons. The van der Waals surface area contributed by atoms with Gasteiger partial charge in [0.25, 0.3) is 11.3 Å². The van der Waals surface area contributed by atoms with Crippen molar-refractivity contribution < 1.29 is 22.8 Å². The van der Waals surface area contributed by atoms with E-state index in [0.717, 1.165) is 41.9 Å². The van der Waals surface area contributed by atoms with Crippen LogP contribution in [-0.4, -0.2) is 59.4 Å². The fourth-order valence-electron chi connectivity index (χ4n) is 3.79. The highest BCUT2D eigenvalue weighted by atomic mass is 32.2. The molecule has 0 aliphatic rings. The largest absolute Gasteiger partial charge is 0.493 e. The summed E-state index contributed by atoms with van der Waals surface area (Å²) in [5.74, 6) is 0.751. The Morgan fingerprint density at radius 1 is 0.853 bits per heavy atom. The van der Waals surface area contributed by atoms with Gasteiger partial charge in [-0.1, -0.05) is 48.5 Å². The molecule has 0 saturated heterocycles. The van der Waals surface area contributed by atoms with E-state index in [4.69, 9.17) is 4.74 Å². The van der Waals surface area contributed by atoms with Gasteiger partial charge in [-0.15, -0.1) is 0 Å². The molecule has 3 aromatic rings. The highest BCUT2D eigenvalue weighted by Gasteiger charge is 2.18. The average molecular weight is 482 g/mol. The predicted octanol–water partition coefficient (Wildman–Crippen LogP) is 4.80. The van der Waals surface area contributed by atoms with Crippen molar-refractivity contribution in [2.24, 2.45) is 0 Å². The minimum atomic E-state index is -2.04. The van der Waals surface area contributed by atoms with Gasteiger partial charge in [0.1, 0.15) is 5.75 Å². The lowest BCUT2D eigenvalue weighted by molar-refractivity contribution is -0.890. The number of hydrogen-bond acceptors (Lipinski definition) is 3. The summed E-state index contributed by atoms with van der Waals surface area (Å²) < 4.78 is 29.5. The smallest absolute Gasteiger partial charge is 0.261 e. The van der Waals surface area contributed by atoms with Crippen LogP contribution in [0.15, 0.2) is 84.9 Å². The summed E-state index contributed by atoms with van der Waals surface area (Å²) >= 11 is -2.04. The van der Waals surface area contributed by atoms with Crippen LogP contribution in [0.2, 0.25) is 0 Å². The Morgan fingerprint density at radius 3 is 2.03 bits per heavy atom. The molecule has 6 nitrogen and oxygen atoms in total. The number of benzene rings is 3. The van der Waals surface area contributed by atoms with Gasteiger partial charge < -0.3 is 9.22 Å². The lowest BCUT2D eigenvalue weighted by atomic mass is 10.0. The van der Waals surface area contributed by atoms with Gasteiger partial charge in [-0.2, -0.15) is 0 Å². The summed E-state index contributed by atoms with van der Waals surface area (Å²) in [4.78, 5) is 12.5. The molecule has 0 fully saturated rings.